The second-order valence-electron chi connectivity index (χ2n) is 4.59. The van der Waals surface area contributed by atoms with E-state index in [1.165, 1.54) is 0 Å². The minimum Gasteiger partial charge on any atom is -0.333 e. The molecule has 1 aliphatic carbocycles. The molecule has 0 amide bonds. The minimum absolute atomic E-state index is 0.0282. The molecule has 7 heteroatoms. The van der Waals surface area contributed by atoms with Gasteiger partial charge < -0.3 is 4.57 Å². The van der Waals surface area contributed by atoms with Crippen LogP contribution in [0.25, 0.3) is 0 Å². The van der Waals surface area contributed by atoms with E-state index in [1.807, 2.05) is 10.8 Å². The predicted octanol–water partition coefficient (Wildman–Crippen LogP) is 1.53. The SMILES string of the molecule is O=S(=O)(CCCCl)NC1CCCC1n1ccnc1. The van der Waals surface area contributed by atoms with Crippen LogP contribution in [-0.4, -0.2) is 35.6 Å². The predicted molar refractivity (Wildman–Crippen MR) is 71.2 cm³/mol. The van der Waals surface area contributed by atoms with Crippen molar-refractivity contribution in [2.24, 2.45) is 0 Å². The molecule has 1 aromatic rings. The first-order valence-electron chi connectivity index (χ1n) is 6.16. The van der Waals surface area contributed by atoms with E-state index in [4.69, 9.17) is 11.6 Å². The first kappa shape index (κ1) is 13.8. The van der Waals surface area contributed by atoms with E-state index < -0.39 is 10.0 Å². The molecule has 1 heterocycles. The molecular formula is C11H18ClN3O2S. The van der Waals surface area contributed by atoms with Gasteiger partial charge in [0.25, 0.3) is 0 Å². The van der Waals surface area contributed by atoms with Crippen LogP contribution in [0.2, 0.25) is 0 Å². The fourth-order valence-corrected chi connectivity index (χ4v) is 4.11. The standard InChI is InChI=1S/C11H18ClN3O2S/c12-5-2-8-18(16,17)14-10-3-1-4-11(10)15-7-6-13-9-15/h6-7,9-11,14H,1-5,8H2. The van der Waals surface area contributed by atoms with Gasteiger partial charge in [-0.2, -0.15) is 0 Å². The number of alkyl halides is 1. The van der Waals surface area contributed by atoms with Gasteiger partial charge in [0.1, 0.15) is 0 Å². The number of nitrogens with zero attached hydrogens (tertiary/aromatic N) is 2. The number of aromatic nitrogens is 2. The number of nitrogens with one attached hydrogen (secondary N) is 1. The summed E-state index contributed by atoms with van der Waals surface area (Å²) in [6, 6.07) is 0.151. The lowest BCUT2D eigenvalue weighted by atomic mass is 10.2. The Morgan fingerprint density at radius 1 is 1.44 bits per heavy atom. The van der Waals surface area contributed by atoms with Crippen LogP contribution in [0.5, 0.6) is 0 Å². The Morgan fingerprint density at radius 3 is 2.94 bits per heavy atom. The Morgan fingerprint density at radius 2 is 2.28 bits per heavy atom. The van der Waals surface area contributed by atoms with Crippen molar-refractivity contribution < 1.29 is 8.42 Å². The summed E-state index contributed by atoms with van der Waals surface area (Å²) in [7, 11) is -3.22. The van der Waals surface area contributed by atoms with Crippen molar-refractivity contribution in [3.05, 3.63) is 18.7 Å². The van der Waals surface area contributed by atoms with Crippen molar-refractivity contribution in [1.82, 2.24) is 14.3 Å². The zero-order valence-electron chi connectivity index (χ0n) is 10.1. The van der Waals surface area contributed by atoms with Gasteiger partial charge in [0.15, 0.2) is 0 Å². The number of rotatable bonds is 6. The van der Waals surface area contributed by atoms with E-state index in [0.29, 0.717) is 12.3 Å². The van der Waals surface area contributed by atoms with Crippen LogP contribution in [0.4, 0.5) is 0 Å². The summed E-state index contributed by atoms with van der Waals surface area (Å²) < 4.78 is 28.5. The lowest BCUT2D eigenvalue weighted by molar-refractivity contribution is 0.431. The number of halogens is 1. The van der Waals surface area contributed by atoms with Crippen molar-refractivity contribution in [2.75, 3.05) is 11.6 Å². The molecule has 102 valence electrons. The van der Waals surface area contributed by atoms with Crippen molar-refractivity contribution in [3.8, 4) is 0 Å². The molecule has 18 heavy (non-hydrogen) atoms. The van der Waals surface area contributed by atoms with E-state index in [9.17, 15) is 8.42 Å². The van der Waals surface area contributed by atoms with Gasteiger partial charge in [-0.15, -0.1) is 11.6 Å². The molecule has 1 aromatic heterocycles. The lowest BCUT2D eigenvalue weighted by Gasteiger charge is -2.21. The van der Waals surface area contributed by atoms with Crippen molar-refractivity contribution >= 4 is 21.6 Å². The lowest BCUT2D eigenvalue weighted by Crippen LogP contribution is -2.39. The maximum Gasteiger partial charge on any atom is 0.211 e. The van der Waals surface area contributed by atoms with Crippen molar-refractivity contribution in [3.63, 3.8) is 0 Å². The highest BCUT2D eigenvalue weighted by atomic mass is 35.5. The number of hydrogen-bond donors (Lipinski definition) is 1. The third kappa shape index (κ3) is 3.46. The topological polar surface area (TPSA) is 64.0 Å². The molecule has 2 rings (SSSR count). The summed E-state index contributed by atoms with van der Waals surface area (Å²) >= 11 is 5.53. The first-order valence-corrected chi connectivity index (χ1v) is 8.34. The molecule has 1 aliphatic rings. The summed E-state index contributed by atoms with van der Waals surface area (Å²) in [6.45, 7) is 0. The highest BCUT2D eigenvalue weighted by molar-refractivity contribution is 7.89. The second kappa shape index (κ2) is 6.04. The summed E-state index contributed by atoms with van der Waals surface area (Å²) in [4.78, 5) is 4.02. The third-order valence-electron chi connectivity index (χ3n) is 3.26. The number of imidazole rings is 1. The van der Waals surface area contributed by atoms with Crippen LogP contribution >= 0.6 is 11.6 Å². The summed E-state index contributed by atoms with van der Waals surface area (Å²) in [5.74, 6) is 0.472. The zero-order valence-corrected chi connectivity index (χ0v) is 11.7. The molecule has 0 bridgehead atoms. The summed E-state index contributed by atoms with van der Waals surface area (Å²) in [5.41, 5.74) is 0. The Kier molecular flexibility index (Phi) is 4.64. The molecule has 1 saturated carbocycles. The molecule has 0 spiro atoms. The molecule has 1 fully saturated rings. The van der Waals surface area contributed by atoms with E-state index in [-0.39, 0.29) is 17.8 Å². The van der Waals surface area contributed by atoms with Gasteiger partial charge in [-0.05, 0) is 25.7 Å². The normalized spacial score (nSPS) is 24.5. The second-order valence-corrected chi connectivity index (χ2v) is 6.85. The molecule has 2 atom stereocenters. The van der Waals surface area contributed by atoms with Gasteiger partial charge in [0.05, 0.1) is 18.1 Å². The molecular weight excluding hydrogens is 274 g/mol. The minimum atomic E-state index is -3.22. The Labute approximate surface area is 113 Å². The maximum atomic E-state index is 11.9. The van der Waals surface area contributed by atoms with Gasteiger partial charge in [-0.1, -0.05) is 0 Å². The molecule has 5 nitrogen and oxygen atoms in total. The van der Waals surface area contributed by atoms with Gasteiger partial charge in [-0.3, -0.25) is 0 Å². The van der Waals surface area contributed by atoms with E-state index in [0.717, 1.165) is 19.3 Å². The van der Waals surface area contributed by atoms with Crippen LogP contribution in [0.3, 0.4) is 0 Å². The first-order chi connectivity index (χ1) is 8.62. The van der Waals surface area contributed by atoms with Gasteiger partial charge in [0, 0.05) is 24.3 Å². The van der Waals surface area contributed by atoms with Gasteiger partial charge >= 0.3 is 0 Å². The van der Waals surface area contributed by atoms with Gasteiger partial charge in [0.2, 0.25) is 10.0 Å². The number of hydrogen-bond acceptors (Lipinski definition) is 3. The Hall–Kier alpha value is -0.590. The quantitative estimate of drug-likeness (QED) is 0.808. The Bertz CT molecular complexity index is 461. The molecule has 1 N–H and O–H groups in total. The zero-order chi connectivity index (χ0) is 13.0. The average molecular weight is 292 g/mol. The smallest absolute Gasteiger partial charge is 0.211 e. The van der Waals surface area contributed by atoms with E-state index >= 15 is 0 Å². The summed E-state index contributed by atoms with van der Waals surface area (Å²) in [6.07, 6.45) is 8.73. The van der Waals surface area contributed by atoms with Crippen LogP contribution in [0.1, 0.15) is 31.7 Å². The van der Waals surface area contributed by atoms with Crippen molar-refractivity contribution in [1.29, 1.82) is 0 Å². The van der Waals surface area contributed by atoms with Crippen molar-refractivity contribution in [2.45, 2.75) is 37.8 Å². The number of sulfonamides is 1. The molecule has 2 unspecified atom stereocenters. The Balaban J connectivity index is 2.00. The average Bonchev–Trinajstić information content (AvgIpc) is 2.95. The largest absolute Gasteiger partial charge is 0.333 e. The van der Waals surface area contributed by atoms with Crippen LogP contribution in [0.15, 0.2) is 18.7 Å². The highest BCUT2D eigenvalue weighted by Crippen LogP contribution is 2.30. The van der Waals surface area contributed by atoms with Gasteiger partial charge in [-0.25, -0.2) is 18.1 Å². The van der Waals surface area contributed by atoms with E-state index in [2.05, 4.69) is 9.71 Å². The maximum absolute atomic E-state index is 11.9. The highest BCUT2D eigenvalue weighted by Gasteiger charge is 2.31. The monoisotopic (exact) mass is 291 g/mol. The summed E-state index contributed by atoms with van der Waals surface area (Å²) in [5, 5.41) is 0. The molecule has 0 saturated heterocycles. The third-order valence-corrected chi connectivity index (χ3v) is 5.02. The molecule has 0 radical (unpaired) electrons. The fraction of sp³-hybridized carbons (Fsp3) is 0.727. The van der Waals surface area contributed by atoms with Crippen LogP contribution in [-0.2, 0) is 10.0 Å². The van der Waals surface area contributed by atoms with Crippen LogP contribution in [0, 0.1) is 0 Å². The molecule has 0 aliphatic heterocycles. The van der Waals surface area contributed by atoms with Crippen LogP contribution < -0.4 is 4.72 Å². The fourth-order valence-electron chi connectivity index (χ4n) is 2.43. The van der Waals surface area contributed by atoms with E-state index in [1.54, 1.807) is 12.5 Å². The molecule has 0 aromatic carbocycles.